The molecule has 36 heavy (non-hydrogen) atoms. The molecule has 1 atom stereocenters. The van der Waals surface area contributed by atoms with Gasteiger partial charge in [-0.2, -0.15) is 0 Å². The molecule has 10 heteroatoms. The number of anilines is 1. The summed E-state index contributed by atoms with van der Waals surface area (Å²) in [7, 11) is 0. The van der Waals surface area contributed by atoms with Crippen LogP contribution in [0.4, 0.5) is 14.5 Å². The largest absolute Gasteiger partial charge is 0.485 e. The van der Waals surface area contributed by atoms with E-state index in [1.54, 1.807) is 17.4 Å². The van der Waals surface area contributed by atoms with E-state index in [1.165, 1.54) is 18.2 Å². The number of hydrogen-bond donors (Lipinski definition) is 2. The Morgan fingerprint density at radius 2 is 1.97 bits per heavy atom. The Labute approximate surface area is 209 Å². The second-order valence-electron chi connectivity index (χ2n) is 9.48. The summed E-state index contributed by atoms with van der Waals surface area (Å²) in [6.07, 6.45) is 3.51. The lowest BCUT2D eigenvalue weighted by molar-refractivity contribution is 0.0937. The number of benzene rings is 1. The van der Waals surface area contributed by atoms with Crippen LogP contribution in [-0.4, -0.2) is 53.7 Å². The monoisotopic (exact) mass is 501 g/mol. The Hall–Kier alpha value is -3.24. The molecule has 3 aromatic rings. The number of nitrogens with one attached hydrogen (secondary N) is 1. The smallest absolute Gasteiger partial charge is 0.270 e. The Kier molecular flexibility index (Phi) is 7.75. The lowest BCUT2D eigenvalue weighted by Crippen LogP contribution is -2.47. The van der Waals surface area contributed by atoms with Gasteiger partial charge in [0.1, 0.15) is 23.9 Å². The highest BCUT2D eigenvalue weighted by atomic mass is 19.1. The average molecular weight is 502 g/mol. The fourth-order valence-corrected chi connectivity index (χ4v) is 4.43. The van der Waals surface area contributed by atoms with Crippen LogP contribution in [0.5, 0.6) is 5.75 Å². The Morgan fingerprint density at radius 3 is 2.64 bits per heavy atom. The van der Waals surface area contributed by atoms with Crippen LogP contribution in [0, 0.1) is 18.6 Å². The van der Waals surface area contributed by atoms with E-state index < -0.39 is 17.2 Å². The average Bonchev–Trinajstić information content (AvgIpc) is 3.18. The first-order valence-electron chi connectivity index (χ1n) is 12.2. The van der Waals surface area contributed by atoms with Gasteiger partial charge in [0.05, 0.1) is 30.2 Å². The van der Waals surface area contributed by atoms with Gasteiger partial charge in [-0.15, -0.1) is 0 Å². The molecule has 1 unspecified atom stereocenters. The molecule has 3 N–H and O–H groups in total. The van der Waals surface area contributed by atoms with Crippen molar-refractivity contribution in [3.05, 3.63) is 59.0 Å². The molecule has 194 valence electrons. The number of aryl methyl sites for hydroxylation is 1. The molecule has 0 spiro atoms. The molecule has 1 aromatic carbocycles. The van der Waals surface area contributed by atoms with Gasteiger partial charge in [-0.3, -0.25) is 9.20 Å². The fourth-order valence-electron chi connectivity index (χ4n) is 4.43. The van der Waals surface area contributed by atoms with Crippen LogP contribution in [0.2, 0.25) is 0 Å². The first-order valence-corrected chi connectivity index (χ1v) is 12.2. The highest BCUT2D eigenvalue weighted by molar-refractivity contribution is 5.95. The molecule has 0 aliphatic carbocycles. The summed E-state index contributed by atoms with van der Waals surface area (Å²) in [6.45, 7) is 8.13. The molecule has 1 aliphatic heterocycles. The van der Waals surface area contributed by atoms with Gasteiger partial charge < -0.3 is 25.4 Å². The molecule has 0 saturated carbocycles. The van der Waals surface area contributed by atoms with Crippen LogP contribution in [0.3, 0.4) is 0 Å². The Balaban J connectivity index is 1.71. The molecular weight excluding hydrogens is 468 g/mol. The van der Waals surface area contributed by atoms with Gasteiger partial charge in [-0.05, 0) is 32.4 Å². The van der Waals surface area contributed by atoms with Crippen LogP contribution in [-0.2, 0) is 11.3 Å². The molecule has 1 amide bonds. The third-order valence-corrected chi connectivity index (χ3v) is 6.35. The molecule has 1 fully saturated rings. The Morgan fingerprint density at radius 1 is 1.28 bits per heavy atom. The van der Waals surface area contributed by atoms with Crippen molar-refractivity contribution in [2.75, 3.05) is 37.7 Å². The topological polar surface area (TPSA) is 94.1 Å². The van der Waals surface area contributed by atoms with Crippen molar-refractivity contribution in [3.8, 4) is 5.75 Å². The van der Waals surface area contributed by atoms with Crippen LogP contribution in [0.25, 0.3) is 5.65 Å². The summed E-state index contributed by atoms with van der Waals surface area (Å²) in [6, 6.07) is 5.47. The van der Waals surface area contributed by atoms with E-state index in [1.807, 2.05) is 20.0 Å². The maximum absolute atomic E-state index is 14.2. The maximum Gasteiger partial charge on any atom is 0.270 e. The van der Waals surface area contributed by atoms with Crippen molar-refractivity contribution in [1.29, 1.82) is 0 Å². The third-order valence-electron chi connectivity index (χ3n) is 6.35. The van der Waals surface area contributed by atoms with E-state index in [4.69, 9.17) is 15.2 Å². The van der Waals surface area contributed by atoms with Crippen molar-refractivity contribution in [1.82, 2.24) is 14.7 Å². The molecule has 3 heterocycles. The number of carbonyl (C=O) groups is 1. The van der Waals surface area contributed by atoms with E-state index in [-0.39, 0.29) is 18.1 Å². The normalized spacial score (nSPS) is 15.7. The first kappa shape index (κ1) is 25.8. The molecule has 0 bridgehead atoms. The number of halogens is 2. The number of morpholine rings is 1. The zero-order valence-electron chi connectivity index (χ0n) is 20.9. The molecule has 2 aromatic heterocycles. The van der Waals surface area contributed by atoms with E-state index in [9.17, 15) is 13.6 Å². The number of carbonyl (C=O) groups excluding carboxylic acids is 1. The molecule has 1 saturated heterocycles. The van der Waals surface area contributed by atoms with Crippen molar-refractivity contribution >= 4 is 17.2 Å². The van der Waals surface area contributed by atoms with Gasteiger partial charge in [0.15, 0.2) is 11.4 Å². The summed E-state index contributed by atoms with van der Waals surface area (Å²) < 4.78 is 41.5. The third kappa shape index (κ3) is 5.60. The number of fused-ring (bicyclic) bond motifs is 1. The number of ether oxygens (including phenoxy) is 2. The molecule has 4 rings (SSSR count). The van der Waals surface area contributed by atoms with Gasteiger partial charge in [-0.1, -0.05) is 19.4 Å². The van der Waals surface area contributed by atoms with E-state index in [0.29, 0.717) is 55.6 Å². The number of imidazole rings is 1. The minimum absolute atomic E-state index is 0.174. The van der Waals surface area contributed by atoms with Crippen molar-refractivity contribution < 1.29 is 23.0 Å². The zero-order valence-corrected chi connectivity index (χ0v) is 20.9. The number of amides is 1. The van der Waals surface area contributed by atoms with Gasteiger partial charge in [0.25, 0.3) is 5.91 Å². The van der Waals surface area contributed by atoms with Gasteiger partial charge in [0, 0.05) is 37.4 Å². The molecule has 1 aliphatic rings. The van der Waals surface area contributed by atoms with Gasteiger partial charge >= 0.3 is 0 Å². The standard InChI is InChI=1S/C26H33F2N5O3/c1-4-8-26(3,29)16-30-25(34)23-17(2)31-24-22(36-15-19-20(27)6-5-7-21(19)28)13-18(14-33(23)24)32-9-11-35-12-10-32/h5-7,13-14H,4,8-12,15-16,29H2,1-3H3,(H,30,34). The number of pyridine rings is 1. The van der Waals surface area contributed by atoms with Crippen molar-refractivity contribution in [2.45, 2.75) is 45.8 Å². The highest BCUT2D eigenvalue weighted by Crippen LogP contribution is 2.30. The summed E-state index contributed by atoms with van der Waals surface area (Å²) >= 11 is 0. The number of hydrogen-bond acceptors (Lipinski definition) is 6. The number of nitrogens with zero attached hydrogens (tertiary/aromatic N) is 3. The predicted octanol–water partition coefficient (Wildman–Crippen LogP) is 3.58. The van der Waals surface area contributed by atoms with Gasteiger partial charge in [-0.25, -0.2) is 13.8 Å². The lowest BCUT2D eigenvalue weighted by atomic mass is 9.98. The minimum atomic E-state index is -0.688. The number of nitrogens with two attached hydrogens (primary N) is 1. The molecule has 8 nitrogen and oxygen atoms in total. The van der Waals surface area contributed by atoms with Crippen LogP contribution in [0.1, 0.15) is 48.4 Å². The van der Waals surface area contributed by atoms with E-state index >= 15 is 0 Å². The fraction of sp³-hybridized carbons (Fsp3) is 0.462. The van der Waals surface area contributed by atoms with Crippen molar-refractivity contribution in [3.63, 3.8) is 0 Å². The number of rotatable bonds is 9. The minimum Gasteiger partial charge on any atom is -0.485 e. The van der Waals surface area contributed by atoms with Gasteiger partial charge in [0.2, 0.25) is 0 Å². The van der Waals surface area contributed by atoms with E-state index in [0.717, 1.165) is 18.5 Å². The quantitative estimate of drug-likeness (QED) is 0.466. The molecular formula is C26H33F2N5O3. The predicted molar refractivity (Wildman–Crippen MR) is 133 cm³/mol. The summed E-state index contributed by atoms with van der Waals surface area (Å²) in [5.74, 6) is -1.37. The van der Waals surface area contributed by atoms with Crippen LogP contribution >= 0.6 is 0 Å². The molecule has 0 radical (unpaired) electrons. The second-order valence-corrected chi connectivity index (χ2v) is 9.48. The zero-order chi connectivity index (χ0) is 25.9. The summed E-state index contributed by atoms with van der Waals surface area (Å²) in [4.78, 5) is 19.9. The van der Waals surface area contributed by atoms with Crippen LogP contribution < -0.4 is 20.7 Å². The van der Waals surface area contributed by atoms with E-state index in [2.05, 4.69) is 15.2 Å². The van der Waals surface area contributed by atoms with Crippen molar-refractivity contribution in [2.24, 2.45) is 5.73 Å². The maximum atomic E-state index is 14.2. The van der Waals surface area contributed by atoms with Crippen LogP contribution in [0.15, 0.2) is 30.5 Å². The summed E-state index contributed by atoms with van der Waals surface area (Å²) in [5, 5.41) is 2.94. The number of aromatic nitrogens is 2. The highest BCUT2D eigenvalue weighted by Gasteiger charge is 2.25. The Bertz CT molecular complexity index is 1220. The SMILES string of the molecule is CCCC(C)(N)CNC(=O)c1c(C)nc2c(OCc3c(F)cccc3F)cc(N3CCOCC3)cn12. The second kappa shape index (κ2) is 10.8. The lowest BCUT2D eigenvalue weighted by Gasteiger charge is -2.29. The summed E-state index contributed by atoms with van der Waals surface area (Å²) in [5.41, 5.74) is 7.63. The first-order chi connectivity index (χ1) is 17.2.